The number of rotatable bonds is 7. The van der Waals surface area contributed by atoms with Crippen LogP contribution >= 0.6 is 0 Å². The van der Waals surface area contributed by atoms with Crippen LogP contribution in [0.15, 0.2) is 0 Å². The van der Waals surface area contributed by atoms with Gasteiger partial charge in [-0.1, -0.05) is 20.8 Å². The molecule has 22 heavy (non-hydrogen) atoms. The standard InChI is InChI=1S/C16H30N2O4/c1-12-8-13(14(19)20)10-18(9-12)15(21)17-7-5-6-16(2,3)11-22-4/h12-13H,5-11H2,1-4H3,(H,17,21)(H,19,20). The second kappa shape index (κ2) is 8.36. The minimum Gasteiger partial charge on any atom is -0.481 e. The van der Waals surface area contributed by atoms with Gasteiger partial charge in [0.05, 0.1) is 12.5 Å². The van der Waals surface area contributed by atoms with Gasteiger partial charge in [0, 0.05) is 26.7 Å². The van der Waals surface area contributed by atoms with Crippen LogP contribution in [0.3, 0.4) is 0 Å². The summed E-state index contributed by atoms with van der Waals surface area (Å²) in [5, 5.41) is 12.0. The van der Waals surface area contributed by atoms with Gasteiger partial charge in [0.25, 0.3) is 0 Å². The van der Waals surface area contributed by atoms with Crippen molar-refractivity contribution >= 4 is 12.0 Å². The Hall–Kier alpha value is -1.30. The number of ether oxygens (including phenoxy) is 1. The summed E-state index contributed by atoms with van der Waals surface area (Å²) < 4.78 is 5.17. The molecule has 1 heterocycles. The van der Waals surface area contributed by atoms with Gasteiger partial charge in [-0.05, 0) is 30.6 Å². The largest absolute Gasteiger partial charge is 0.481 e. The third kappa shape index (κ3) is 6.22. The molecule has 6 nitrogen and oxygen atoms in total. The maximum absolute atomic E-state index is 12.2. The summed E-state index contributed by atoms with van der Waals surface area (Å²) in [6.07, 6.45) is 2.49. The smallest absolute Gasteiger partial charge is 0.317 e. The van der Waals surface area contributed by atoms with E-state index in [0.717, 1.165) is 12.8 Å². The first-order valence-electron chi connectivity index (χ1n) is 7.99. The van der Waals surface area contributed by atoms with Crippen LogP contribution in [0, 0.1) is 17.3 Å². The summed E-state index contributed by atoms with van der Waals surface area (Å²) >= 11 is 0. The van der Waals surface area contributed by atoms with Gasteiger partial charge in [0.2, 0.25) is 0 Å². The van der Waals surface area contributed by atoms with Crippen molar-refractivity contribution in [1.29, 1.82) is 0 Å². The van der Waals surface area contributed by atoms with Crippen LogP contribution < -0.4 is 5.32 Å². The van der Waals surface area contributed by atoms with Crippen LogP contribution in [0.5, 0.6) is 0 Å². The summed E-state index contributed by atoms with van der Waals surface area (Å²) in [6.45, 7) is 8.51. The van der Waals surface area contributed by atoms with Crippen LogP contribution in [-0.4, -0.2) is 55.4 Å². The van der Waals surface area contributed by atoms with E-state index < -0.39 is 11.9 Å². The fraction of sp³-hybridized carbons (Fsp3) is 0.875. The topological polar surface area (TPSA) is 78.9 Å². The molecule has 2 N–H and O–H groups in total. The molecule has 0 bridgehead atoms. The van der Waals surface area contributed by atoms with Gasteiger partial charge in [-0.15, -0.1) is 0 Å². The minimum atomic E-state index is -0.814. The molecular weight excluding hydrogens is 284 g/mol. The van der Waals surface area contributed by atoms with Crippen molar-refractivity contribution in [3.8, 4) is 0 Å². The van der Waals surface area contributed by atoms with Gasteiger partial charge < -0.3 is 20.1 Å². The number of carbonyl (C=O) groups is 2. The molecule has 0 aromatic carbocycles. The number of carboxylic acid groups (broad SMARTS) is 1. The second-order valence-corrected chi connectivity index (χ2v) is 7.21. The van der Waals surface area contributed by atoms with Gasteiger partial charge in [-0.25, -0.2) is 4.79 Å². The molecule has 1 saturated heterocycles. The number of methoxy groups -OCH3 is 1. The Bertz CT molecular complexity index is 384. The van der Waals surface area contributed by atoms with Gasteiger partial charge in [0.15, 0.2) is 0 Å². The Labute approximate surface area is 133 Å². The van der Waals surface area contributed by atoms with Crippen molar-refractivity contribution < 1.29 is 19.4 Å². The first-order valence-corrected chi connectivity index (χ1v) is 7.99. The number of carboxylic acids is 1. The number of piperidine rings is 1. The van der Waals surface area contributed by atoms with Gasteiger partial charge in [-0.2, -0.15) is 0 Å². The second-order valence-electron chi connectivity index (χ2n) is 7.21. The van der Waals surface area contributed by atoms with E-state index in [1.54, 1.807) is 12.0 Å². The van der Waals surface area contributed by atoms with Crippen molar-refractivity contribution in [2.24, 2.45) is 17.3 Å². The highest BCUT2D eigenvalue weighted by Gasteiger charge is 2.31. The molecule has 2 atom stereocenters. The summed E-state index contributed by atoms with van der Waals surface area (Å²) in [5.74, 6) is -1.04. The lowest BCUT2D eigenvalue weighted by Crippen LogP contribution is -2.49. The molecule has 2 unspecified atom stereocenters. The highest BCUT2D eigenvalue weighted by atomic mass is 16.5. The number of hydrogen-bond donors (Lipinski definition) is 2. The number of likely N-dealkylation sites (tertiary alicyclic amines) is 1. The molecule has 0 aromatic heterocycles. The highest BCUT2D eigenvalue weighted by molar-refractivity contribution is 5.76. The molecule has 1 fully saturated rings. The first-order chi connectivity index (χ1) is 10.2. The summed E-state index contributed by atoms with van der Waals surface area (Å²) in [7, 11) is 1.69. The average molecular weight is 314 g/mol. The SMILES string of the molecule is COCC(C)(C)CCCNC(=O)N1CC(C)CC(C(=O)O)C1. The van der Waals surface area contributed by atoms with E-state index in [2.05, 4.69) is 19.2 Å². The zero-order valence-corrected chi connectivity index (χ0v) is 14.2. The molecule has 0 aliphatic carbocycles. The van der Waals surface area contributed by atoms with Crippen LogP contribution in [-0.2, 0) is 9.53 Å². The zero-order valence-electron chi connectivity index (χ0n) is 14.2. The maximum Gasteiger partial charge on any atom is 0.317 e. The van der Waals surface area contributed by atoms with Crippen molar-refractivity contribution in [1.82, 2.24) is 10.2 Å². The molecule has 1 aliphatic heterocycles. The van der Waals surface area contributed by atoms with Gasteiger partial charge >= 0.3 is 12.0 Å². The number of amides is 2. The molecule has 2 amide bonds. The lowest BCUT2D eigenvalue weighted by atomic mass is 9.89. The Morgan fingerprint density at radius 1 is 1.36 bits per heavy atom. The molecule has 0 aromatic rings. The molecule has 0 radical (unpaired) electrons. The van der Waals surface area contributed by atoms with Crippen molar-refractivity contribution in [2.45, 2.75) is 40.0 Å². The van der Waals surface area contributed by atoms with E-state index in [9.17, 15) is 9.59 Å². The predicted octanol–water partition coefficient (Wildman–Crippen LogP) is 2.19. The Morgan fingerprint density at radius 2 is 2.05 bits per heavy atom. The molecule has 0 spiro atoms. The Morgan fingerprint density at radius 3 is 2.64 bits per heavy atom. The van der Waals surface area contributed by atoms with E-state index in [1.165, 1.54) is 0 Å². The van der Waals surface area contributed by atoms with Crippen LogP contribution in [0.25, 0.3) is 0 Å². The fourth-order valence-electron chi connectivity index (χ4n) is 3.03. The number of nitrogens with zero attached hydrogens (tertiary/aromatic N) is 1. The number of urea groups is 1. The summed E-state index contributed by atoms with van der Waals surface area (Å²) in [5.41, 5.74) is 0.105. The Kier molecular flexibility index (Phi) is 7.13. The van der Waals surface area contributed by atoms with E-state index >= 15 is 0 Å². The maximum atomic E-state index is 12.2. The van der Waals surface area contributed by atoms with Crippen molar-refractivity contribution in [2.75, 3.05) is 33.4 Å². The van der Waals surface area contributed by atoms with Crippen LogP contribution in [0.1, 0.15) is 40.0 Å². The third-order valence-corrected chi connectivity index (χ3v) is 4.14. The zero-order chi connectivity index (χ0) is 16.8. The van der Waals surface area contributed by atoms with E-state index in [0.29, 0.717) is 32.7 Å². The Balaban J connectivity index is 2.34. The van der Waals surface area contributed by atoms with Gasteiger partial charge in [0.1, 0.15) is 0 Å². The minimum absolute atomic E-state index is 0.105. The van der Waals surface area contributed by atoms with Gasteiger partial charge in [-0.3, -0.25) is 4.79 Å². The lowest BCUT2D eigenvalue weighted by Gasteiger charge is -2.34. The molecule has 0 saturated carbocycles. The third-order valence-electron chi connectivity index (χ3n) is 4.14. The quantitative estimate of drug-likeness (QED) is 0.706. The lowest BCUT2D eigenvalue weighted by molar-refractivity contribution is -0.143. The monoisotopic (exact) mass is 314 g/mol. The van der Waals surface area contributed by atoms with E-state index in [1.807, 2.05) is 6.92 Å². The van der Waals surface area contributed by atoms with Crippen molar-refractivity contribution in [3.63, 3.8) is 0 Å². The predicted molar refractivity (Wildman–Crippen MR) is 84.8 cm³/mol. The number of carbonyl (C=O) groups excluding carboxylic acids is 1. The molecule has 1 aliphatic rings. The average Bonchev–Trinajstić information content (AvgIpc) is 2.42. The van der Waals surface area contributed by atoms with Crippen LogP contribution in [0.2, 0.25) is 0 Å². The van der Waals surface area contributed by atoms with Crippen LogP contribution in [0.4, 0.5) is 4.79 Å². The number of nitrogens with one attached hydrogen (secondary N) is 1. The summed E-state index contributed by atoms with van der Waals surface area (Å²) in [6, 6.07) is -0.151. The number of hydrogen-bond acceptors (Lipinski definition) is 3. The molecule has 1 rings (SSSR count). The normalized spacial score (nSPS) is 22.5. The summed E-state index contributed by atoms with van der Waals surface area (Å²) in [4.78, 5) is 24.9. The highest BCUT2D eigenvalue weighted by Crippen LogP contribution is 2.23. The number of aliphatic carboxylic acids is 1. The van der Waals surface area contributed by atoms with Crippen molar-refractivity contribution in [3.05, 3.63) is 0 Å². The molecule has 128 valence electrons. The molecule has 6 heteroatoms. The fourth-order valence-corrected chi connectivity index (χ4v) is 3.03. The first kappa shape index (κ1) is 18.7. The molecular formula is C16H30N2O4. The van der Waals surface area contributed by atoms with E-state index in [4.69, 9.17) is 9.84 Å². The van der Waals surface area contributed by atoms with E-state index in [-0.39, 0.29) is 17.4 Å².